The van der Waals surface area contributed by atoms with Gasteiger partial charge in [0.15, 0.2) is 0 Å². The van der Waals surface area contributed by atoms with Crippen molar-refractivity contribution in [1.29, 1.82) is 0 Å². The Morgan fingerprint density at radius 1 is 1.27 bits per heavy atom. The Kier molecular flexibility index (Phi) is 5.17. The summed E-state index contributed by atoms with van der Waals surface area (Å²) in [5.41, 5.74) is 6.51. The second-order valence-corrected chi connectivity index (χ2v) is 7.82. The Bertz CT molecular complexity index is 655. The quantitative estimate of drug-likeness (QED) is 0.867. The highest BCUT2D eigenvalue weighted by Gasteiger charge is 2.63. The molecule has 26 heavy (non-hydrogen) atoms. The number of carbonyl (C=O) groups is 1. The van der Waals surface area contributed by atoms with E-state index in [1.165, 1.54) is 0 Å². The monoisotopic (exact) mass is 361 g/mol. The number of piperazine rings is 1. The molecule has 1 aromatic rings. The molecule has 2 unspecified atom stereocenters. The summed E-state index contributed by atoms with van der Waals surface area (Å²) in [5.74, 6) is 0.906. The first-order valence-corrected chi connectivity index (χ1v) is 9.42. The van der Waals surface area contributed by atoms with Crippen LogP contribution in [-0.2, 0) is 9.53 Å². The van der Waals surface area contributed by atoms with Gasteiger partial charge in [-0.15, -0.1) is 0 Å². The lowest BCUT2D eigenvalue weighted by atomic mass is 9.54. The number of nitrogens with zero attached hydrogens (tertiary/aromatic N) is 2. The Morgan fingerprint density at radius 2 is 1.96 bits per heavy atom. The van der Waals surface area contributed by atoms with E-state index in [9.17, 15) is 4.79 Å². The highest BCUT2D eigenvalue weighted by molar-refractivity contribution is 5.89. The van der Waals surface area contributed by atoms with Gasteiger partial charge in [0.2, 0.25) is 5.91 Å². The Morgan fingerprint density at radius 3 is 2.54 bits per heavy atom. The molecule has 6 nitrogen and oxygen atoms in total. The fraction of sp³-hybridized carbons (Fsp3) is 0.650. The molecule has 1 amide bonds. The molecule has 1 aliphatic carbocycles. The van der Waals surface area contributed by atoms with Crippen molar-refractivity contribution in [2.45, 2.75) is 38.8 Å². The van der Waals surface area contributed by atoms with E-state index in [4.69, 9.17) is 15.2 Å². The summed E-state index contributed by atoms with van der Waals surface area (Å²) in [6, 6.07) is 8.04. The van der Waals surface area contributed by atoms with Gasteiger partial charge in [0.25, 0.3) is 0 Å². The molecule has 2 atom stereocenters. The van der Waals surface area contributed by atoms with Gasteiger partial charge in [-0.3, -0.25) is 4.79 Å². The lowest BCUT2D eigenvalue weighted by molar-refractivity contribution is -0.179. The van der Waals surface area contributed by atoms with Crippen LogP contribution in [0.1, 0.15) is 27.2 Å². The molecule has 144 valence electrons. The molecule has 1 saturated heterocycles. The van der Waals surface area contributed by atoms with Crippen molar-refractivity contribution in [2.75, 3.05) is 44.8 Å². The average Bonchev–Trinajstić information content (AvgIpc) is 2.67. The Labute approximate surface area is 156 Å². The van der Waals surface area contributed by atoms with Crippen LogP contribution in [0.5, 0.6) is 5.75 Å². The standard InChI is InChI=1S/C20H31N3O3/c1-5-26-17-14-20(21,19(17,2)3)18(24)23-11-9-22(10-12-23)15-7-6-8-16(13-15)25-4/h6-8,13,17H,5,9-12,14,21H2,1-4H3. The van der Waals surface area contributed by atoms with Crippen LogP contribution in [0.2, 0.25) is 0 Å². The van der Waals surface area contributed by atoms with Crippen LogP contribution in [0.4, 0.5) is 5.69 Å². The lowest BCUT2D eigenvalue weighted by Crippen LogP contribution is -2.76. The number of methoxy groups -OCH3 is 1. The zero-order chi connectivity index (χ0) is 18.9. The summed E-state index contributed by atoms with van der Waals surface area (Å²) in [7, 11) is 1.67. The highest BCUT2D eigenvalue weighted by atomic mass is 16.5. The SMILES string of the molecule is CCOC1CC(N)(C(=O)N2CCN(c3cccc(OC)c3)CC2)C1(C)C. The first-order valence-electron chi connectivity index (χ1n) is 9.42. The van der Waals surface area contributed by atoms with Crippen molar-refractivity contribution >= 4 is 11.6 Å². The third-order valence-electron chi connectivity index (χ3n) is 6.20. The van der Waals surface area contributed by atoms with E-state index in [1.807, 2.05) is 43.9 Å². The summed E-state index contributed by atoms with van der Waals surface area (Å²) in [6.07, 6.45) is 0.655. The predicted molar refractivity (Wildman–Crippen MR) is 103 cm³/mol. The number of anilines is 1. The molecule has 0 bridgehead atoms. The molecule has 0 radical (unpaired) electrons. The fourth-order valence-electron chi connectivity index (χ4n) is 4.06. The Hall–Kier alpha value is -1.79. The second kappa shape index (κ2) is 7.08. The van der Waals surface area contributed by atoms with Crippen LogP contribution >= 0.6 is 0 Å². The average molecular weight is 361 g/mol. The largest absolute Gasteiger partial charge is 0.497 e. The summed E-state index contributed by atoms with van der Waals surface area (Å²) in [6.45, 7) is 9.68. The van der Waals surface area contributed by atoms with Crippen molar-refractivity contribution in [3.05, 3.63) is 24.3 Å². The number of rotatable bonds is 5. The van der Waals surface area contributed by atoms with Crippen molar-refractivity contribution in [3.63, 3.8) is 0 Å². The van der Waals surface area contributed by atoms with Crippen LogP contribution < -0.4 is 15.4 Å². The van der Waals surface area contributed by atoms with Gasteiger partial charge in [0, 0.05) is 56.4 Å². The van der Waals surface area contributed by atoms with E-state index in [1.54, 1.807) is 7.11 Å². The van der Waals surface area contributed by atoms with Gasteiger partial charge in [0.1, 0.15) is 11.3 Å². The number of ether oxygens (including phenoxy) is 2. The summed E-state index contributed by atoms with van der Waals surface area (Å²) >= 11 is 0. The minimum Gasteiger partial charge on any atom is -0.497 e. The molecule has 1 aromatic carbocycles. The fourth-order valence-corrected chi connectivity index (χ4v) is 4.06. The van der Waals surface area contributed by atoms with Gasteiger partial charge in [-0.05, 0) is 19.1 Å². The van der Waals surface area contributed by atoms with E-state index >= 15 is 0 Å². The number of carbonyl (C=O) groups excluding carboxylic acids is 1. The first kappa shape index (κ1) is 19.0. The van der Waals surface area contributed by atoms with Crippen molar-refractivity contribution in [3.8, 4) is 5.75 Å². The maximum Gasteiger partial charge on any atom is 0.243 e. The van der Waals surface area contributed by atoms with Crippen molar-refractivity contribution < 1.29 is 14.3 Å². The number of nitrogens with two attached hydrogens (primary N) is 1. The van der Waals surface area contributed by atoms with E-state index in [-0.39, 0.29) is 17.4 Å². The summed E-state index contributed by atoms with van der Waals surface area (Å²) in [5, 5.41) is 0. The molecule has 2 fully saturated rings. The second-order valence-electron chi connectivity index (χ2n) is 7.82. The maximum atomic E-state index is 13.1. The molecule has 6 heteroatoms. The minimum atomic E-state index is -0.828. The normalized spacial score (nSPS) is 27.8. The number of amides is 1. The molecular formula is C20H31N3O3. The van der Waals surface area contributed by atoms with Crippen LogP contribution in [0.25, 0.3) is 0 Å². The van der Waals surface area contributed by atoms with Crippen LogP contribution in [0.3, 0.4) is 0 Å². The summed E-state index contributed by atoms with van der Waals surface area (Å²) < 4.78 is 11.1. The number of hydrogen-bond donors (Lipinski definition) is 1. The zero-order valence-corrected chi connectivity index (χ0v) is 16.3. The van der Waals surface area contributed by atoms with Gasteiger partial charge < -0.3 is 25.0 Å². The topological polar surface area (TPSA) is 68.0 Å². The van der Waals surface area contributed by atoms with Crippen molar-refractivity contribution in [1.82, 2.24) is 4.90 Å². The van der Waals surface area contributed by atoms with Crippen LogP contribution in [-0.4, -0.2) is 62.3 Å². The maximum absolute atomic E-state index is 13.1. The molecule has 3 rings (SSSR count). The van der Waals surface area contributed by atoms with E-state index in [0.29, 0.717) is 26.1 Å². The van der Waals surface area contributed by atoms with Crippen molar-refractivity contribution in [2.24, 2.45) is 11.1 Å². The smallest absolute Gasteiger partial charge is 0.243 e. The lowest BCUT2D eigenvalue weighted by Gasteiger charge is -2.59. The molecule has 0 aromatic heterocycles. The van der Waals surface area contributed by atoms with Gasteiger partial charge in [-0.25, -0.2) is 0 Å². The van der Waals surface area contributed by atoms with E-state index in [0.717, 1.165) is 24.5 Å². The third kappa shape index (κ3) is 3.05. The first-order chi connectivity index (χ1) is 12.3. The molecule has 0 spiro atoms. The van der Waals surface area contributed by atoms with Gasteiger partial charge in [-0.2, -0.15) is 0 Å². The molecule has 2 aliphatic rings. The molecule has 1 heterocycles. The van der Waals surface area contributed by atoms with Gasteiger partial charge in [-0.1, -0.05) is 19.9 Å². The molecule has 1 aliphatic heterocycles. The highest BCUT2D eigenvalue weighted by Crippen LogP contribution is 2.50. The van der Waals surface area contributed by atoms with Gasteiger partial charge >= 0.3 is 0 Å². The number of benzene rings is 1. The zero-order valence-electron chi connectivity index (χ0n) is 16.3. The minimum absolute atomic E-state index is 0.0551. The van der Waals surface area contributed by atoms with Crippen LogP contribution in [0.15, 0.2) is 24.3 Å². The molecule has 1 saturated carbocycles. The number of hydrogen-bond acceptors (Lipinski definition) is 5. The molecular weight excluding hydrogens is 330 g/mol. The predicted octanol–water partition coefficient (Wildman–Crippen LogP) is 1.88. The van der Waals surface area contributed by atoms with E-state index in [2.05, 4.69) is 11.0 Å². The van der Waals surface area contributed by atoms with E-state index < -0.39 is 5.54 Å². The Balaban J connectivity index is 1.62. The van der Waals surface area contributed by atoms with Gasteiger partial charge in [0.05, 0.1) is 13.2 Å². The summed E-state index contributed by atoms with van der Waals surface area (Å²) in [4.78, 5) is 17.3. The molecule has 2 N–H and O–H groups in total. The van der Waals surface area contributed by atoms with Crippen LogP contribution in [0, 0.1) is 5.41 Å². The third-order valence-corrected chi connectivity index (χ3v) is 6.20.